The van der Waals surface area contributed by atoms with Gasteiger partial charge in [-0.3, -0.25) is 19.7 Å². The van der Waals surface area contributed by atoms with Crippen LogP contribution in [0, 0.1) is 6.92 Å². The van der Waals surface area contributed by atoms with E-state index in [4.69, 9.17) is 0 Å². The normalized spacial score (nSPS) is 13.1. The molecule has 1 aliphatic rings. The van der Waals surface area contributed by atoms with Gasteiger partial charge in [0.1, 0.15) is 5.82 Å². The number of anilines is 1. The molecule has 31 heavy (non-hydrogen) atoms. The summed E-state index contributed by atoms with van der Waals surface area (Å²) in [6, 6.07) is 11.8. The molecule has 0 atom stereocenters. The first kappa shape index (κ1) is 19.1. The molecule has 7 nitrogen and oxygen atoms in total. The third-order valence-electron chi connectivity index (χ3n) is 5.56. The van der Waals surface area contributed by atoms with Crippen LogP contribution in [0.15, 0.2) is 61.2 Å². The maximum absolute atomic E-state index is 12.7. The molecule has 154 valence electrons. The van der Waals surface area contributed by atoms with E-state index in [0.717, 1.165) is 53.2 Å². The number of nitrogens with zero attached hydrogens (tertiary/aromatic N) is 5. The van der Waals surface area contributed by atoms with Crippen molar-refractivity contribution in [1.82, 2.24) is 25.3 Å². The van der Waals surface area contributed by atoms with Crippen LogP contribution in [0.1, 0.15) is 32.7 Å². The summed E-state index contributed by atoms with van der Waals surface area (Å²) < 4.78 is 0. The molecule has 0 unspecified atom stereocenters. The molecule has 0 radical (unpaired) electrons. The van der Waals surface area contributed by atoms with Gasteiger partial charge in [0.05, 0.1) is 16.6 Å². The van der Waals surface area contributed by atoms with Crippen LogP contribution in [0.4, 0.5) is 5.82 Å². The molecule has 3 aromatic heterocycles. The van der Waals surface area contributed by atoms with E-state index in [1.165, 1.54) is 5.56 Å². The highest BCUT2D eigenvalue weighted by Gasteiger charge is 2.20. The monoisotopic (exact) mass is 410 g/mol. The average Bonchev–Trinajstić information content (AvgIpc) is 2.82. The van der Waals surface area contributed by atoms with Gasteiger partial charge in [0.25, 0.3) is 5.91 Å². The number of aryl methyl sites for hydroxylation is 1. The summed E-state index contributed by atoms with van der Waals surface area (Å²) in [5, 5.41) is 2.97. The number of carbonyl (C=O) groups excluding carboxylic acids is 1. The van der Waals surface area contributed by atoms with E-state index in [-0.39, 0.29) is 5.91 Å². The number of hydrogen-bond donors (Lipinski definition) is 1. The molecule has 1 N–H and O–H groups in total. The van der Waals surface area contributed by atoms with Gasteiger partial charge in [0, 0.05) is 56.5 Å². The summed E-state index contributed by atoms with van der Waals surface area (Å²) in [5.41, 5.74) is 6.56. The van der Waals surface area contributed by atoms with Gasteiger partial charge in [-0.15, -0.1) is 0 Å². The van der Waals surface area contributed by atoms with Crippen molar-refractivity contribution in [3.63, 3.8) is 0 Å². The summed E-state index contributed by atoms with van der Waals surface area (Å²) >= 11 is 0. The second kappa shape index (κ2) is 8.10. The Kier molecular flexibility index (Phi) is 5.00. The van der Waals surface area contributed by atoms with Crippen LogP contribution >= 0.6 is 0 Å². The fraction of sp³-hybridized carbons (Fsp3) is 0.208. The van der Waals surface area contributed by atoms with E-state index in [0.29, 0.717) is 12.1 Å². The van der Waals surface area contributed by atoms with Gasteiger partial charge in [-0.25, -0.2) is 4.98 Å². The van der Waals surface area contributed by atoms with Gasteiger partial charge in [-0.1, -0.05) is 12.1 Å². The number of nitrogens with one attached hydrogen (secondary N) is 1. The first-order valence-electron chi connectivity index (χ1n) is 10.3. The predicted octanol–water partition coefficient (Wildman–Crippen LogP) is 3.22. The first-order chi connectivity index (χ1) is 15.2. The molecule has 4 heterocycles. The van der Waals surface area contributed by atoms with Gasteiger partial charge < -0.3 is 10.2 Å². The van der Waals surface area contributed by atoms with Gasteiger partial charge in [0.2, 0.25) is 0 Å². The Balaban J connectivity index is 1.27. The van der Waals surface area contributed by atoms with Crippen molar-refractivity contribution in [3.05, 3.63) is 89.1 Å². The number of benzene rings is 1. The summed E-state index contributed by atoms with van der Waals surface area (Å²) in [6.07, 6.45) is 7.73. The molecule has 1 aliphatic heterocycles. The van der Waals surface area contributed by atoms with Crippen LogP contribution in [0.25, 0.3) is 11.0 Å². The maximum Gasteiger partial charge on any atom is 0.253 e. The quantitative estimate of drug-likeness (QED) is 0.556. The second-order valence-corrected chi connectivity index (χ2v) is 7.71. The van der Waals surface area contributed by atoms with Crippen molar-refractivity contribution in [2.45, 2.75) is 26.4 Å². The van der Waals surface area contributed by atoms with Crippen LogP contribution in [-0.2, 0) is 19.5 Å². The van der Waals surface area contributed by atoms with Crippen molar-refractivity contribution in [2.24, 2.45) is 0 Å². The molecule has 0 bridgehead atoms. The first-order valence-corrected chi connectivity index (χ1v) is 10.3. The summed E-state index contributed by atoms with van der Waals surface area (Å²) in [7, 11) is 0. The van der Waals surface area contributed by atoms with E-state index >= 15 is 0 Å². The molecule has 0 spiro atoms. The van der Waals surface area contributed by atoms with E-state index in [1.807, 2.05) is 43.5 Å². The Labute approximate surface area is 180 Å². The van der Waals surface area contributed by atoms with E-state index in [1.54, 1.807) is 18.6 Å². The van der Waals surface area contributed by atoms with Crippen LogP contribution in [-0.4, -0.2) is 32.4 Å². The minimum absolute atomic E-state index is 0.144. The molecule has 1 amide bonds. The lowest BCUT2D eigenvalue weighted by Crippen LogP contribution is -2.32. The number of aromatic nitrogens is 4. The molecule has 0 saturated carbocycles. The van der Waals surface area contributed by atoms with Crippen LogP contribution < -0.4 is 10.2 Å². The molecule has 5 rings (SSSR count). The Morgan fingerprint density at radius 1 is 1.03 bits per heavy atom. The topological polar surface area (TPSA) is 83.9 Å². The van der Waals surface area contributed by atoms with Crippen LogP contribution in [0.2, 0.25) is 0 Å². The number of fused-ring (bicyclic) bond motifs is 2. The highest BCUT2D eigenvalue weighted by molar-refractivity contribution is 5.94. The molecule has 0 saturated heterocycles. The lowest BCUT2D eigenvalue weighted by molar-refractivity contribution is 0.0950. The molecule has 4 aromatic rings. The van der Waals surface area contributed by atoms with E-state index in [9.17, 15) is 4.79 Å². The van der Waals surface area contributed by atoms with Crippen molar-refractivity contribution in [2.75, 3.05) is 11.4 Å². The summed E-state index contributed by atoms with van der Waals surface area (Å²) in [4.78, 5) is 32.6. The largest absolute Gasteiger partial charge is 0.352 e. The highest BCUT2D eigenvalue weighted by Crippen LogP contribution is 2.25. The van der Waals surface area contributed by atoms with Crippen molar-refractivity contribution in [1.29, 1.82) is 0 Å². The zero-order valence-corrected chi connectivity index (χ0v) is 17.2. The molecule has 0 fully saturated rings. The zero-order chi connectivity index (χ0) is 21.2. The SMILES string of the molecule is Cc1cc(C(=O)NCc2ccc3nccnc3c2)cnc1N1CCc2ncccc2C1. The lowest BCUT2D eigenvalue weighted by atomic mass is 10.0. The Morgan fingerprint density at radius 2 is 1.90 bits per heavy atom. The fourth-order valence-electron chi connectivity index (χ4n) is 3.97. The summed E-state index contributed by atoms with van der Waals surface area (Å²) in [6.45, 7) is 4.07. The third kappa shape index (κ3) is 3.94. The molecular weight excluding hydrogens is 388 g/mol. The molecule has 0 aliphatic carbocycles. The van der Waals surface area contributed by atoms with Gasteiger partial charge in [0.15, 0.2) is 0 Å². The van der Waals surface area contributed by atoms with Crippen LogP contribution in [0.3, 0.4) is 0 Å². The van der Waals surface area contributed by atoms with Crippen LogP contribution in [0.5, 0.6) is 0 Å². The number of hydrogen-bond acceptors (Lipinski definition) is 6. The Hall–Kier alpha value is -3.87. The molecule has 7 heteroatoms. The predicted molar refractivity (Wildman–Crippen MR) is 119 cm³/mol. The Morgan fingerprint density at radius 3 is 2.77 bits per heavy atom. The second-order valence-electron chi connectivity index (χ2n) is 7.71. The minimum Gasteiger partial charge on any atom is -0.352 e. The van der Waals surface area contributed by atoms with Crippen molar-refractivity contribution >= 4 is 22.8 Å². The zero-order valence-electron chi connectivity index (χ0n) is 17.2. The molecular formula is C24H22N6O. The average molecular weight is 410 g/mol. The van der Waals surface area contributed by atoms with E-state index in [2.05, 4.69) is 36.2 Å². The maximum atomic E-state index is 12.7. The number of carbonyl (C=O) groups is 1. The molecule has 1 aromatic carbocycles. The van der Waals surface area contributed by atoms with Gasteiger partial charge in [-0.05, 0) is 47.9 Å². The fourth-order valence-corrected chi connectivity index (χ4v) is 3.97. The van der Waals surface area contributed by atoms with Gasteiger partial charge in [-0.2, -0.15) is 0 Å². The lowest BCUT2D eigenvalue weighted by Gasteiger charge is -2.30. The minimum atomic E-state index is -0.144. The summed E-state index contributed by atoms with van der Waals surface area (Å²) in [5.74, 6) is 0.772. The third-order valence-corrected chi connectivity index (χ3v) is 5.56. The number of rotatable bonds is 4. The Bertz CT molecular complexity index is 1270. The van der Waals surface area contributed by atoms with Gasteiger partial charge >= 0.3 is 0 Å². The standard InChI is InChI=1S/C24H22N6O/c1-16-11-19(14-28-23(16)30-10-6-20-18(15-30)3-2-7-25-20)24(31)29-13-17-4-5-21-22(12-17)27-9-8-26-21/h2-5,7-9,11-12,14H,6,10,13,15H2,1H3,(H,29,31). The van der Waals surface area contributed by atoms with E-state index < -0.39 is 0 Å². The number of amides is 1. The van der Waals surface area contributed by atoms with Crippen molar-refractivity contribution in [3.8, 4) is 0 Å². The highest BCUT2D eigenvalue weighted by atomic mass is 16.1. The smallest absolute Gasteiger partial charge is 0.253 e. The van der Waals surface area contributed by atoms with Crippen molar-refractivity contribution < 1.29 is 4.79 Å². The number of pyridine rings is 2.